The van der Waals surface area contributed by atoms with Crippen molar-refractivity contribution in [2.24, 2.45) is 7.05 Å². The number of likely N-dealkylation sites (tertiary alicyclic amines) is 1. The molecule has 1 saturated heterocycles. The molecule has 8 heteroatoms. The van der Waals surface area contributed by atoms with Gasteiger partial charge in [-0.05, 0) is 36.6 Å². The Kier molecular flexibility index (Phi) is 5.22. The zero-order chi connectivity index (χ0) is 21.3. The van der Waals surface area contributed by atoms with Crippen LogP contribution in [0.1, 0.15) is 34.9 Å². The fourth-order valence-electron chi connectivity index (χ4n) is 3.84. The second kappa shape index (κ2) is 7.98. The average molecular weight is 405 g/mol. The summed E-state index contributed by atoms with van der Waals surface area (Å²) < 4.78 is 6.65. The van der Waals surface area contributed by atoms with E-state index in [4.69, 9.17) is 10.5 Å². The zero-order valence-electron chi connectivity index (χ0n) is 16.9. The van der Waals surface area contributed by atoms with Gasteiger partial charge in [-0.1, -0.05) is 12.1 Å². The van der Waals surface area contributed by atoms with Crippen LogP contribution in [0.3, 0.4) is 0 Å². The van der Waals surface area contributed by atoms with Crippen LogP contribution in [0, 0.1) is 0 Å². The van der Waals surface area contributed by atoms with E-state index in [-0.39, 0.29) is 23.5 Å². The van der Waals surface area contributed by atoms with E-state index in [1.54, 1.807) is 37.5 Å². The molecular weight excluding hydrogens is 382 g/mol. The standard InChI is InChI=1S/C22H23N5O3/c1-26-13-15(7-10-19(26)28)21(29)27-11-3-4-18(27)20-17(12-24-22(23)25-20)14-5-8-16(30-2)9-6-14/h5-10,12-13,18H,3-4,11H2,1-2H3,(H2,23,24,25)/t18-/m1/s1. The molecule has 30 heavy (non-hydrogen) atoms. The van der Waals surface area contributed by atoms with Gasteiger partial charge in [-0.25, -0.2) is 9.97 Å². The predicted molar refractivity (Wildman–Crippen MR) is 113 cm³/mol. The Morgan fingerprint density at radius 3 is 2.67 bits per heavy atom. The summed E-state index contributed by atoms with van der Waals surface area (Å²) in [5, 5.41) is 0. The maximum Gasteiger partial charge on any atom is 0.255 e. The Bertz CT molecular complexity index is 1140. The van der Waals surface area contributed by atoms with Gasteiger partial charge in [-0.2, -0.15) is 0 Å². The zero-order valence-corrected chi connectivity index (χ0v) is 16.9. The molecular formula is C22H23N5O3. The van der Waals surface area contributed by atoms with E-state index in [1.807, 2.05) is 24.3 Å². The highest BCUT2D eigenvalue weighted by atomic mass is 16.5. The maximum absolute atomic E-state index is 13.2. The molecule has 1 aromatic carbocycles. The van der Waals surface area contributed by atoms with Crippen LogP contribution < -0.4 is 16.0 Å². The van der Waals surface area contributed by atoms with Crippen LogP contribution in [0.4, 0.5) is 5.95 Å². The number of aromatic nitrogens is 3. The summed E-state index contributed by atoms with van der Waals surface area (Å²) >= 11 is 0. The molecule has 0 unspecified atom stereocenters. The molecule has 1 aliphatic rings. The molecule has 1 aliphatic heterocycles. The van der Waals surface area contributed by atoms with Gasteiger partial charge >= 0.3 is 0 Å². The van der Waals surface area contributed by atoms with Crippen LogP contribution in [-0.4, -0.2) is 39.0 Å². The van der Waals surface area contributed by atoms with Gasteiger partial charge in [0.15, 0.2) is 0 Å². The number of amides is 1. The number of aryl methyl sites for hydroxylation is 1. The number of hydrogen-bond acceptors (Lipinski definition) is 6. The minimum absolute atomic E-state index is 0.133. The molecule has 0 aliphatic carbocycles. The van der Waals surface area contributed by atoms with Crippen LogP contribution in [0.5, 0.6) is 5.75 Å². The number of ether oxygens (including phenoxy) is 1. The Labute approximate surface area is 173 Å². The van der Waals surface area contributed by atoms with Crippen LogP contribution in [0.25, 0.3) is 11.1 Å². The third kappa shape index (κ3) is 3.63. The first-order valence-corrected chi connectivity index (χ1v) is 9.72. The summed E-state index contributed by atoms with van der Waals surface area (Å²) in [7, 11) is 3.25. The van der Waals surface area contributed by atoms with Gasteiger partial charge in [-0.15, -0.1) is 0 Å². The smallest absolute Gasteiger partial charge is 0.255 e. The van der Waals surface area contributed by atoms with E-state index in [0.717, 1.165) is 35.4 Å². The maximum atomic E-state index is 13.2. The number of methoxy groups -OCH3 is 1. The second-order valence-electron chi connectivity index (χ2n) is 7.28. The van der Waals surface area contributed by atoms with E-state index in [0.29, 0.717) is 12.1 Å². The number of nitrogens with two attached hydrogens (primary N) is 1. The molecule has 0 saturated carbocycles. The van der Waals surface area contributed by atoms with Crippen molar-refractivity contribution in [3.8, 4) is 16.9 Å². The van der Waals surface area contributed by atoms with Crippen LogP contribution in [-0.2, 0) is 7.05 Å². The molecule has 2 N–H and O–H groups in total. The molecule has 0 bridgehead atoms. The van der Waals surface area contributed by atoms with E-state index in [2.05, 4.69) is 9.97 Å². The molecule has 1 atom stereocenters. The summed E-state index contributed by atoms with van der Waals surface area (Å²) in [6.45, 7) is 0.609. The lowest BCUT2D eigenvalue weighted by atomic mass is 9.99. The van der Waals surface area contributed by atoms with Crippen LogP contribution in [0.15, 0.2) is 53.6 Å². The van der Waals surface area contributed by atoms with Gasteiger partial charge in [0.05, 0.1) is 24.4 Å². The van der Waals surface area contributed by atoms with Gasteiger partial charge in [0.2, 0.25) is 11.5 Å². The molecule has 3 heterocycles. The highest BCUT2D eigenvalue weighted by Crippen LogP contribution is 2.37. The summed E-state index contributed by atoms with van der Waals surface area (Å²) in [5.41, 5.74) is 8.70. The largest absolute Gasteiger partial charge is 0.497 e. The lowest BCUT2D eigenvalue weighted by Gasteiger charge is -2.26. The topological polar surface area (TPSA) is 103 Å². The fourth-order valence-corrected chi connectivity index (χ4v) is 3.84. The minimum Gasteiger partial charge on any atom is -0.497 e. The normalized spacial score (nSPS) is 15.9. The number of hydrogen-bond donors (Lipinski definition) is 1. The van der Waals surface area contributed by atoms with E-state index in [1.165, 1.54) is 10.6 Å². The minimum atomic E-state index is -0.225. The molecule has 3 aromatic rings. The molecule has 8 nitrogen and oxygen atoms in total. The average Bonchev–Trinajstić information content (AvgIpc) is 3.25. The number of nitrogen functional groups attached to an aromatic ring is 1. The predicted octanol–water partition coefficient (Wildman–Crippen LogP) is 2.41. The van der Waals surface area contributed by atoms with E-state index in [9.17, 15) is 9.59 Å². The van der Waals surface area contributed by atoms with Crippen molar-refractivity contribution in [3.05, 3.63) is 70.4 Å². The summed E-state index contributed by atoms with van der Waals surface area (Å²) in [5.74, 6) is 0.790. The van der Waals surface area contributed by atoms with Crippen molar-refractivity contribution in [1.29, 1.82) is 0 Å². The SMILES string of the molecule is COc1ccc(-c2cnc(N)nc2[C@H]2CCCN2C(=O)c2ccc(=O)n(C)c2)cc1. The number of carbonyl (C=O) groups excluding carboxylic acids is 1. The second-order valence-corrected chi connectivity index (χ2v) is 7.28. The molecule has 154 valence electrons. The van der Waals surface area contributed by atoms with Crippen molar-refractivity contribution in [2.75, 3.05) is 19.4 Å². The molecule has 0 radical (unpaired) electrons. The summed E-state index contributed by atoms with van der Waals surface area (Å²) in [6.07, 6.45) is 4.90. The van der Waals surface area contributed by atoms with Gasteiger partial charge in [0, 0.05) is 37.6 Å². The summed E-state index contributed by atoms with van der Waals surface area (Å²) in [6, 6.07) is 10.4. The Hall–Kier alpha value is -3.68. The molecule has 0 spiro atoms. The molecule has 1 fully saturated rings. The van der Waals surface area contributed by atoms with Gasteiger partial charge in [0.25, 0.3) is 5.91 Å². The van der Waals surface area contributed by atoms with Crippen LogP contribution >= 0.6 is 0 Å². The lowest BCUT2D eigenvalue weighted by Crippen LogP contribution is -2.32. The van der Waals surface area contributed by atoms with E-state index >= 15 is 0 Å². The third-order valence-corrected chi connectivity index (χ3v) is 5.40. The van der Waals surface area contributed by atoms with Crippen molar-refractivity contribution in [3.63, 3.8) is 0 Å². The van der Waals surface area contributed by atoms with Crippen molar-refractivity contribution < 1.29 is 9.53 Å². The molecule has 4 rings (SSSR count). The number of rotatable bonds is 4. The number of benzene rings is 1. The monoisotopic (exact) mass is 405 g/mol. The van der Waals surface area contributed by atoms with Crippen molar-refractivity contribution in [1.82, 2.24) is 19.4 Å². The molecule has 1 amide bonds. The fraction of sp³-hybridized carbons (Fsp3) is 0.273. The Morgan fingerprint density at radius 2 is 1.97 bits per heavy atom. The summed E-state index contributed by atoms with van der Waals surface area (Å²) in [4.78, 5) is 35.4. The van der Waals surface area contributed by atoms with Gasteiger partial charge in [0.1, 0.15) is 5.75 Å². The number of anilines is 1. The first-order valence-electron chi connectivity index (χ1n) is 9.72. The van der Waals surface area contributed by atoms with Crippen LogP contribution in [0.2, 0.25) is 0 Å². The quantitative estimate of drug-likeness (QED) is 0.715. The first kappa shape index (κ1) is 19.6. The molecule has 2 aromatic heterocycles. The van der Waals surface area contributed by atoms with Crippen molar-refractivity contribution in [2.45, 2.75) is 18.9 Å². The Balaban J connectivity index is 1.73. The third-order valence-electron chi connectivity index (χ3n) is 5.40. The highest BCUT2D eigenvalue weighted by Gasteiger charge is 2.33. The number of nitrogens with zero attached hydrogens (tertiary/aromatic N) is 4. The van der Waals surface area contributed by atoms with Crippen molar-refractivity contribution >= 4 is 11.9 Å². The van der Waals surface area contributed by atoms with Gasteiger partial charge in [-0.3, -0.25) is 9.59 Å². The first-order chi connectivity index (χ1) is 14.5. The van der Waals surface area contributed by atoms with Gasteiger partial charge < -0.3 is 19.9 Å². The number of pyridine rings is 1. The van der Waals surface area contributed by atoms with E-state index < -0.39 is 0 Å². The number of carbonyl (C=O) groups is 1. The highest BCUT2D eigenvalue weighted by molar-refractivity contribution is 5.94. The Morgan fingerprint density at radius 1 is 1.20 bits per heavy atom. The lowest BCUT2D eigenvalue weighted by molar-refractivity contribution is 0.0732.